The van der Waals surface area contributed by atoms with Crippen molar-refractivity contribution in [1.29, 1.82) is 0 Å². The zero-order valence-electron chi connectivity index (χ0n) is 15.5. The van der Waals surface area contributed by atoms with E-state index in [-0.39, 0.29) is 11.5 Å². The zero-order chi connectivity index (χ0) is 18.6. The molecule has 1 heterocycles. The summed E-state index contributed by atoms with van der Waals surface area (Å²) in [5, 5.41) is 2.87. The van der Waals surface area contributed by atoms with Crippen molar-refractivity contribution in [3.63, 3.8) is 0 Å². The van der Waals surface area contributed by atoms with Crippen LogP contribution in [0, 0.1) is 0 Å². The molecule has 2 aromatic rings. The first kappa shape index (κ1) is 18.3. The maximum atomic E-state index is 12.2. The summed E-state index contributed by atoms with van der Waals surface area (Å²) in [6.07, 6.45) is 0.870. The molecule has 1 aliphatic rings. The van der Waals surface area contributed by atoms with Crippen molar-refractivity contribution in [3.05, 3.63) is 59.2 Å². The number of amides is 1. The van der Waals surface area contributed by atoms with E-state index >= 15 is 0 Å². The minimum absolute atomic E-state index is 0.117. The maximum Gasteiger partial charge on any atom is 0.251 e. The number of hydrogen-bond donors (Lipinski definition) is 1. The normalized spacial score (nSPS) is 14.4. The van der Waals surface area contributed by atoms with Gasteiger partial charge in [0.1, 0.15) is 12.2 Å². The van der Waals surface area contributed by atoms with Crippen molar-refractivity contribution in [2.75, 3.05) is 20.3 Å². The fourth-order valence-corrected chi connectivity index (χ4v) is 3.05. The first-order chi connectivity index (χ1) is 12.5. The number of hydrogen-bond acceptors (Lipinski definition) is 4. The Morgan fingerprint density at radius 1 is 1.19 bits per heavy atom. The minimum Gasteiger partial charge on any atom is -0.488 e. The lowest BCUT2D eigenvalue weighted by Crippen LogP contribution is -2.28. The van der Waals surface area contributed by atoms with Gasteiger partial charge in [0.25, 0.3) is 5.91 Å². The molecule has 5 heteroatoms. The van der Waals surface area contributed by atoms with Gasteiger partial charge in [0.05, 0.1) is 13.2 Å². The Labute approximate surface area is 154 Å². The lowest BCUT2D eigenvalue weighted by Gasteiger charge is -2.18. The summed E-state index contributed by atoms with van der Waals surface area (Å²) in [7, 11) is 1.65. The number of carbonyl (C=O) groups is 1. The summed E-state index contributed by atoms with van der Waals surface area (Å²) >= 11 is 0. The molecule has 0 bridgehead atoms. The lowest BCUT2D eigenvalue weighted by molar-refractivity contribution is 0.0946. The van der Waals surface area contributed by atoms with Crippen molar-refractivity contribution < 1.29 is 19.0 Å². The van der Waals surface area contributed by atoms with Crippen LogP contribution in [-0.4, -0.2) is 31.8 Å². The molecule has 2 aromatic carbocycles. The standard InChI is InChI=1S/C21H25NO4/c1-21(2)13-17-5-4-6-18(19(17)26-21)25-12-11-22-20(23)16-9-7-15(8-10-16)14-24-3/h4-10H,11-14H2,1-3H3,(H,22,23). The number of methoxy groups -OCH3 is 1. The SMILES string of the molecule is COCc1ccc(C(=O)NCCOc2cccc3c2OC(C)(C)C3)cc1. The van der Waals surface area contributed by atoms with Crippen molar-refractivity contribution in [2.24, 2.45) is 0 Å². The maximum absolute atomic E-state index is 12.2. The Bertz CT molecular complexity index is 768. The molecule has 5 nitrogen and oxygen atoms in total. The van der Waals surface area contributed by atoms with Crippen LogP contribution in [0.2, 0.25) is 0 Å². The summed E-state index contributed by atoms with van der Waals surface area (Å²) in [5.41, 5.74) is 2.61. The Kier molecular flexibility index (Phi) is 5.47. The highest BCUT2D eigenvalue weighted by molar-refractivity contribution is 5.94. The van der Waals surface area contributed by atoms with E-state index in [2.05, 4.69) is 25.2 Å². The zero-order valence-corrected chi connectivity index (χ0v) is 15.5. The number of para-hydroxylation sites is 1. The molecule has 0 fully saturated rings. The Morgan fingerprint density at radius 2 is 1.96 bits per heavy atom. The predicted octanol–water partition coefficient (Wildman–Crippen LogP) is 3.36. The molecule has 0 unspecified atom stereocenters. The second-order valence-electron chi connectivity index (χ2n) is 7.02. The third-order valence-electron chi connectivity index (χ3n) is 4.23. The van der Waals surface area contributed by atoms with Crippen LogP contribution < -0.4 is 14.8 Å². The summed E-state index contributed by atoms with van der Waals surface area (Å²) in [5.74, 6) is 1.43. The van der Waals surface area contributed by atoms with Gasteiger partial charge in [-0.3, -0.25) is 4.79 Å². The van der Waals surface area contributed by atoms with Crippen LogP contribution in [0.3, 0.4) is 0 Å². The molecule has 1 aliphatic heterocycles. The molecule has 0 spiro atoms. The van der Waals surface area contributed by atoms with Crippen LogP contribution in [0.15, 0.2) is 42.5 Å². The van der Waals surface area contributed by atoms with Crippen LogP contribution in [0.5, 0.6) is 11.5 Å². The number of fused-ring (bicyclic) bond motifs is 1. The molecule has 1 N–H and O–H groups in total. The van der Waals surface area contributed by atoms with Gasteiger partial charge in [-0.2, -0.15) is 0 Å². The van der Waals surface area contributed by atoms with Gasteiger partial charge in [0, 0.05) is 24.7 Å². The third kappa shape index (κ3) is 4.35. The van der Waals surface area contributed by atoms with Gasteiger partial charge in [0.2, 0.25) is 0 Å². The average Bonchev–Trinajstić information content (AvgIpc) is 2.94. The first-order valence-corrected chi connectivity index (χ1v) is 8.78. The second-order valence-corrected chi connectivity index (χ2v) is 7.02. The number of benzene rings is 2. The fraction of sp³-hybridized carbons (Fsp3) is 0.381. The number of carbonyl (C=O) groups excluding carboxylic acids is 1. The van der Waals surface area contributed by atoms with Crippen LogP contribution in [-0.2, 0) is 17.8 Å². The highest BCUT2D eigenvalue weighted by Crippen LogP contribution is 2.41. The predicted molar refractivity (Wildman–Crippen MR) is 99.8 cm³/mol. The third-order valence-corrected chi connectivity index (χ3v) is 4.23. The second kappa shape index (κ2) is 7.79. The minimum atomic E-state index is -0.203. The van der Waals surface area contributed by atoms with Gasteiger partial charge < -0.3 is 19.5 Å². The molecule has 0 aromatic heterocycles. The molecule has 26 heavy (non-hydrogen) atoms. The van der Waals surface area contributed by atoms with E-state index < -0.39 is 0 Å². The van der Waals surface area contributed by atoms with Crippen LogP contribution >= 0.6 is 0 Å². The van der Waals surface area contributed by atoms with E-state index in [1.807, 2.05) is 24.3 Å². The quantitative estimate of drug-likeness (QED) is 0.774. The molecule has 0 saturated carbocycles. The van der Waals surface area contributed by atoms with Gasteiger partial charge in [-0.25, -0.2) is 0 Å². The summed E-state index contributed by atoms with van der Waals surface area (Å²) in [6.45, 7) is 5.47. The monoisotopic (exact) mass is 355 g/mol. The number of ether oxygens (including phenoxy) is 3. The Balaban J connectivity index is 1.49. The van der Waals surface area contributed by atoms with Crippen LogP contribution in [0.4, 0.5) is 0 Å². The molecule has 138 valence electrons. The molecule has 1 amide bonds. The van der Waals surface area contributed by atoms with Crippen molar-refractivity contribution >= 4 is 5.91 Å². The highest BCUT2D eigenvalue weighted by Gasteiger charge is 2.32. The van der Waals surface area contributed by atoms with Gasteiger partial charge in [-0.15, -0.1) is 0 Å². The lowest BCUT2D eigenvalue weighted by atomic mass is 10.0. The van der Waals surface area contributed by atoms with E-state index in [0.29, 0.717) is 25.3 Å². The van der Waals surface area contributed by atoms with Crippen LogP contribution in [0.25, 0.3) is 0 Å². The molecule has 0 radical (unpaired) electrons. The van der Waals surface area contributed by atoms with Gasteiger partial charge in [-0.05, 0) is 37.6 Å². The average molecular weight is 355 g/mol. The highest BCUT2D eigenvalue weighted by atomic mass is 16.5. The fourth-order valence-electron chi connectivity index (χ4n) is 3.05. The number of rotatable bonds is 7. The molecular weight excluding hydrogens is 330 g/mol. The van der Waals surface area contributed by atoms with Crippen LogP contribution in [0.1, 0.15) is 35.3 Å². The Hall–Kier alpha value is -2.53. The smallest absolute Gasteiger partial charge is 0.251 e. The van der Waals surface area contributed by atoms with Crippen molar-refractivity contribution in [1.82, 2.24) is 5.32 Å². The molecule has 3 rings (SSSR count). The largest absolute Gasteiger partial charge is 0.488 e. The molecule has 0 atom stereocenters. The summed E-state index contributed by atoms with van der Waals surface area (Å²) in [6, 6.07) is 13.3. The van der Waals surface area contributed by atoms with Gasteiger partial charge in [0.15, 0.2) is 11.5 Å². The van der Waals surface area contributed by atoms with E-state index in [4.69, 9.17) is 14.2 Å². The van der Waals surface area contributed by atoms with Crippen molar-refractivity contribution in [2.45, 2.75) is 32.5 Å². The van der Waals surface area contributed by atoms with Crippen molar-refractivity contribution in [3.8, 4) is 11.5 Å². The van der Waals surface area contributed by atoms with E-state index in [1.165, 1.54) is 0 Å². The van der Waals surface area contributed by atoms with Gasteiger partial charge >= 0.3 is 0 Å². The summed E-state index contributed by atoms with van der Waals surface area (Å²) < 4.78 is 16.9. The first-order valence-electron chi connectivity index (χ1n) is 8.78. The van der Waals surface area contributed by atoms with E-state index in [9.17, 15) is 4.79 Å². The van der Waals surface area contributed by atoms with E-state index in [0.717, 1.165) is 29.0 Å². The Morgan fingerprint density at radius 3 is 2.69 bits per heavy atom. The topological polar surface area (TPSA) is 56.8 Å². The van der Waals surface area contributed by atoms with E-state index in [1.54, 1.807) is 19.2 Å². The molecular formula is C21H25NO4. The molecule has 0 aliphatic carbocycles. The number of nitrogens with one attached hydrogen (secondary N) is 1. The molecule has 0 saturated heterocycles. The summed E-state index contributed by atoms with van der Waals surface area (Å²) in [4.78, 5) is 12.2. The van der Waals surface area contributed by atoms with Gasteiger partial charge in [-0.1, -0.05) is 24.3 Å².